The summed E-state index contributed by atoms with van der Waals surface area (Å²) >= 11 is 0. The Labute approximate surface area is 586 Å². The van der Waals surface area contributed by atoms with E-state index in [1.165, 1.54) is 77.1 Å². The van der Waals surface area contributed by atoms with E-state index >= 15 is 0 Å². The van der Waals surface area contributed by atoms with Crippen molar-refractivity contribution in [1.29, 1.82) is 0 Å². The number of aromatic nitrogens is 8. The van der Waals surface area contributed by atoms with E-state index in [0.717, 1.165) is 72.5 Å². The minimum absolute atomic E-state index is 0.642. The average Bonchev–Trinajstić information content (AvgIpc) is 1.60. The quantitative estimate of drug-likeness (QED) is 0.121. The van der Waals surface area contributed by atoms with E-state index < -0.39 is 0 Å². The molecule has 18 rings (SSSR count). The lowest BCUT2D eigenvalue weighted by Gasteiger charge is -2.13. The second-order valence-electron chi connectivity index (χ2n) is 25.6. The molecule has 0 saturated carbocycles. The maximum absolute atomic E-state index is 5.06. The summed E-state index contributed by atoms with van der Waals surface area (Å²) in [7, 11) is 0. The number of fused-ring (bicyclic) bond motifs is 6. The number of nitrogens with zero attached hydrogens (tertiary/aromatic N) is 8. The van der Waals surface area contributed by atoms with Crippen molar-refractivity contribution in [3.63, 3.8) is 0 Å². The third-order valence-electron chi connectivity index (χ3n) is 19.0. The monoisotopic (exact) mass is 1290 g/mol. The smallest absolute Gasteiger partial charge is 0.164 e. The third kappa shape index (κ3) is 12.0. The SMILES string of the molecule is Cc1ccc(-c2nc(-c3ccc(C)cc3)nc(-c3cccc(-c4cccc5c4c4cc(-c6ccccc6)ccc4n5-c4ccccc4)c3)n2)cc1.Cc1ccc(-c2nc(-c3ccccc3)nc(-c3ccccc3)n2)cc1-c1cccc2c1c1cc(-c3ccccc3)ccc1n2-c1ccccc1. The van der Waals surface area contributed by atoms with Crippen LogP contribution in [0.3, 0.4) is 0 Å². The van der Waals surface area contributed by atoms with E-state index in [4.69, 9.17) is 29.9 Å². The van der Waals surface area contributed by atoms with Crippen molar-refractivity contribution < 1.29 is 0 Å². The first-order valence-electron chi connectivity index (χ1n) is 34.2. The first-order chi connectivity index (χ1) is 49.8. The van der Waals surface area contributed by atoms with Gasteiger partial charge >= 0.3 is 0 Å². The van der Waals surface area contributed by atoms with Crippen LogP contribution in [0.15, 0.2) is 346 Å². The van der Waals surface area contributed by atoms with Gasteiger partial charge in [-0.25, -0.2) is 29.9 Å². The van der Waals surface area contributed by atoms with Crippen molar-refractivity contribution in [2.24, 2.45) is 0 Å². The van der Waals surface area contributed by atoms with E-state index in [-0.39, 0.29) is 0 Å². The van der Waals surface area contributed by atoms with Crippen LogP contribution >= 0.6 is 0 Å². The zero-order valence-corrected chi connectivity index (χ0v) is 56.0. The minimum atomic E-state index is 0.642. The Bertz CT molecular complexity index is 5930. The van der Waals surface area contributed by atoms with Crippen LogP contribution in [0.5, 0.6) is 0 Å². The molecule has 101 heavy (non-hydrogen) atoms. The summed E-state index contributed by atoms with van der Waals surface area (Å²) in [6, 6.07) is 122. The Morgan fingerprint density at radius 3 is 0.950 bits per heavy atom. The van der Waals surface area contributed by atoms with Gasteiger partial charge in [0.15, 0.2) is 34.9 Å². The molecule has 0 radical (unpaired) electrons. The van der Waals surface area contributed by atoms with E-state index in [2.05, 4.69) is 315 Å². The highest BCUT2D eigenvalue weighted by Gasteiger charge is 2.22. The van der Waals surface area contributed by atoms with Crippen molar-refractivity contribution >= 4 is 43.6 Å². The Morgan fingerprint density at radius 1 is 0.198 bits per heavy atom. The molecule has 18 aromatic rings. The molecule has 0 aliphatic carbocycles. The summed E-state index contributed by atoms with van der Waals surface area (Å²) in [5, 5.41) is 4.85. The van der Waals surface area contributed by atoms with Gasteiger partial charge in [-0.3, -0.25) is 0 Å². The molecule has 0 atom stereocenters. The van der Waals surface area contributed by atoms with Gasteiger partial charge in [0.05, 0.1) is 22.1 Å². The van der Waals surface area contributed by atoms with Gasteiger partial charge in [-0.05, 0) is 144 Å². The van der Waals surface area contributed by atoms with Crippen molar-refractivity contribution in [2.45, 2.75) is 20.8 Å². The largest absolute Gasteiger partial charge is 0.309 e. The third-order valence-corrected chi connectivity index (χ3v) is 19.0. The average molecular weight is 1300 g/mol. The summed E-state index contributed by atoms with van der Waals surface area (Å²) < 4.78 is 4.76. The fraction of sp³-hybridized carbons (Fsp3) is 0.0323. The lowest BCUT2D eigenvalue weighted by Crippen LogP contribution is -2.00. The van der Waals surface area contributed by atoms with Crippen LogP contribution in [0.2, 0.25) is 0 Å². The molecular weight excluding hydrogens is 1230 g/mol. The van der Waals surface area contributed by atoms with E-state index in [9.17, 15) is 0 Å². The van der Waals surface area contributed by atoms with Crippen molar-refractivity contribution in [1.82, 2.24) is 39.0 Å². The maximum atomic E-state index is 5.06. The molecule has 8 heteroatoms. The van der Waals surface area contributed by atoms with Gasteiger partial charge in [-0.15, -0.1) is 0 Å². The van der Waals surface area contributed by atoms with Crippen LogP contribution in [0.1, 0.15) is 16.7 Å². The number of rotatable bonds is 12. The van der Waals surface area contributed by atoms with Gasteiger partial charge in [0, 0.05) is 66.3 Å². The predicted octanol–water partition coefficient (Wildman–Crippen LogP) is 23.5. The summed E-state index contributed by atoms with van der Waals surface area (Å²) in [5.41, 5.74) is 25.6. The molecular formula is C93H66N8. The molecule has 0 amide bonds. The summed E-state index contributed by atoms with van der Waals surface area (Å²) in [6.07, 6.45) is 0. The van der Waals surface area contributed by atoms with Crippen LogP contribution in [0.25, 0.3) is 168 Å². The summed E-state index contributed by atoms with van der Waals surface area (Å²) in [5.74, 6) is 3.90. The molecule has 478 valence electrons. The van der Waals surface area contributed by atoms with Gasteiger partial charge < -0.3 is 9.13 Å². The van der Waals surface area contributed by atoms with Crippen LogP contribution in [-0.2, 0) is 0 Å². The number of hydrogen-bond acceptors (Lipinski definition) is 6. The highest BCUT2D eigenvalue weighted by Crippen LogP contribution is 2.44. The molecule has 14 aromatic carbocycles. The number of benzene rings is 14. The molecule has 0 saturated heterocycles. The van der Waals surface area contributed by atoms with Gasteiger partial charge in [0.1, 0.15) is 0 Å². The molecule has 0 bridgehead atoms. The second kappa shape index (κ2) is 26.6. The number of hydrogen-bond donors (Lipinski definition) is 0. The number of aryl methyl sites for hydroxylation is 3. The first kappa shape index (κ1) is 61.3. The van der Waals surface area contributed by atoms with Crippen LogP contribution < -0.4 is 0 Å². The number of para-hydroxylation sites is 2. The lowest BCUT2D eigenvalue weighted by atomic mass is 9.93. The topological polar surface area (TPSA) is 87.2 Å². The lowest BCUT2D eigenvalue weighted by molar-refractivity contribution is 1.07. The second-order valence-corrected chi connectivity index (χ2v) is 25.6. The Morgan fingerprint density at radius 2 is 0.515 bits per heavy atom. The van der Waals surface area contributed by atoms with Crippen LogP contribution in [0, 0.1) is 20.8 Å². The Balaban J connectivity index is 0.000000151. The first-order valence-corrected chi connectivity index (χ1v) is 34.2. The molecule has 4 heterocycles. The fourth-order valence-electron chi connectivity index (χ4n) is 13.9. The van der Waals surface area contributed by atoms with Crippen LogP contribution in [-0.4, -0.2) is 39.0 Å². The zero-order valence-electron chi connectivity index (χ0n) is 56.0. The van der Waals surface area contributed by atoms with Gasteiger partial charge in [-0.1, -0.05) is 284 Å². The van der Waals surface area contributed by atoms with E-state index in [0.29, 0.717) is 34.9 Å². The fourth-order valence-corrected chi connectivity index (χ4v) is 13.9. The van der Waals surface area contributed by atoms with Crippen molar-refractivity contribution in [2.75, 3.05) is 0 Å². The van der Waals surface area contributed by atoms with Gasteiger partial charge in [-0.2, -0.15) is 0 Å². The summed E-state index contributed by atoms with van der Waals surface area (Å²) in [4.78, 5) is 30.1. The molecule has 0 unspecified atom stereocenters. The molecule has 4 aromatic heterocycles. The van der Waals surface area contributed by atoms with E-state index in [1.54, 1.807) is 0 Å². The Kier molecular flexibility index (Phi) is 16.1. The van der Waals surface area contributed by atoms with Crippen LogP contribution in [0.4, 0.5) is 0 Å². The molecule has 0 fully saturated rings. The molecule has 0 N–H and O–H groups in total. The molecule has 8 nitrogen and oxygen atoms in total. The van der Waals surface area contributed by atoms with Gasteiger partial charge in [0.25, 0.3) is 0 Å². The van der Waals surface area contributed by atoms with Crippen molar-refractivity contribution in [3.05, 3.63) is 362 Å². The normalized spacial score (nSPS) is 11.3. The molecule has 0 aliphatic heterocycles. The zero-order chi connectivity index (χ0) is 67.8. The van der Waals surface area contributed by atoms with Crippen molar-refractivity contribution in [3.8, 4) is 124 Å². The minimum Gasteiger partial charge on any atom is -0.309 e. The standard InChI is InChI=1S/C47H34N4.C46H32N4/c1-31-19-23-34(24-20-31)45-48-46(35-25-21-32(2)22-26-35)50-47(49-45)38-14-9-13-37(29-38)40-17-10-18-43-44(40)41-30-36(33-11-5-3-6-12-33)27-28-42(41)51(43)39-15-7-4-8-16-39;1-31-25-26-36(46-48-44(33-17-8-3-9-18-33)47-45(49-46)34-19-10-4-11-20-34)30-39(31)38-23-14-24-42-43(38)40-29-35(32-15-6-2-7-16-32)27-28-41(40)50(42)37-21-12-5-13-22-37/h3-30H,1-2H3;2-30H,1H3. The molecule has 0 aliphatic rings. The maximum Gasteiger partial charge on any atom is 0.164 e. The molecule has 0 spiro atoms. The highest BCUT2D eigenvalue weighted by atomic mass is 15.0. The predicted molar refractivity (Wildman–Crippen MR) is 417 cm³/mol. The highest BCUT2D eigenvalue weighted by molar-refractivity contribution is 6.18. The van der Waals surface area contributed by atoms with E-state index in [1.807, 2.05) is 60.7 Å². The summed E-state index contributed by atoms with van der Waals surface area (Å²) in [6.45, 7) is 6.36. The Hall–Kier alpha value is -13.3. The van der Waals surface area contributed by atoms with Gasteiger partial charge in [0.2, 0.25) is 0 Å².